The summed E-state index contributed by atoms with van der Waals surface area (Å²) >= 11 is 0. The topological polar surface area (TPSA) is 48.7 Å². The number of furan rings is 1. The third kappa shape index (κ3) is 3.49. The Balaban J connectivity index is 2.75. The van der Waals surface area contributed by atoms with Crippen LogP contribution in [0.15, 0.2) is 16.7 Å². The number of aryl methyl sites for hydroxylation is 1. The second-order valence-electron chi connectivity index (χ2n) is 3.11. The van der Waals surface area contributed by atoms with Gasteiger partial charge in [0.2, 0.25) is 0 Å². The van der Waals surface area contributed by atoms with Crippen molar-refractivity contribution in [3.63, 3.8) is 0 Å². The molecule has 1 heterocycles. The van der Waals surface area contributed by atoms with Gasteiger partial charge in [-0.3, -0.25) is 4.57 Å². The Hall–Kier alpha value is -0.570. The standard InChI is InChI=1S/C10H17O4P/c1-4-13-15(11,14-5-2)8-10-6-7-12-9(10)3/h6-7H,4-5,8H2,1-3H3. The minimum atomic E-state index is -3.00. The molecule has 0 saturated carbocycles. The van der Waals surface area contributed by atoms with Crippen LogP contribution in [-0.4, -0.2) is 13.2 Å². The van der Waals surface area contributed by atoms with Gasteiger partial charge in [0.15, 0.2) is 0 Å². The molecule has 0 spiro atoms. The van der Waals surface area contributed by atoms with Crippen molar-refractivity contribution in [1.29, 1.82) is 0 Å². The van der Waals surface area contributed by atoms with Crippen LogP contribution in [0.4, 0.5) is 0 Å². The van der Waals surface area contributed by atoms with Gasteiger partial charge in [0.25, 0.3) is 0 Å². The molecular weight excluding hydrogens is 215 g/mol. The Kier molecular flexibility index (Phi) is 4.58. The van der Waals surface area contributed by atoms with Crippen LogP contribution >= 0.6 is 7.60 Å². The highest BCUT2D eigenvalue weighted by Crippen LogP contribution is 2.51. The molecule has 15 heavy (non-hydrogen) atoms. The normalized spacial score (nSPS) is 11.9. The van der Waals surface area contributed by atoms with E-state index < -0.39 is 7.60 Å². The maximum atomic E-state index is 12.1. The van der Waals surface area contributed by atoms with Crippen molar-refractivity contribution in [2.45, 2.75) is 26.9 Å². The van der Waals surface area contributed by atoms with Gasteiger partial charge >= 0.3 is 7.60 Å². The lowest BCUT2D eigenvalue weighted by Gasteiger charge is -2.16. The molecule has 0 unspecified atom stereocenters. The second-order valence-corrected chi connectivity index (χ2v) is 5.16. The van der Waals surface area contributed by atoms with Gasteiger partial charge in [0.1, 0.15) is 5.76 Å². The molecule has 0 radical (unpaired) electrons. The first-order valence-electron chi connectivity index (χ1n) is 5.02. The number of rotatable bonds is 6. The highest BCUT2D eigenvalue weighted by atomic mass is 31.2. The van der Waals surface area contributed by atoms with Crippen LogP contribution in [0.2, 0.25) is 0 Å². The zero-order chi connectivity index (χ0) is 11.3. The maximum absolute atomic E-state index is 12.1. The average molecular weight is 232 g/mol. The fraction of sp³-hybridized carbons (Fsp3) is 0.600. The Morgan fingerprint density at radius 3 is 2.33 bits per heavy atom. The monoisotopic (exact) mass is 232 g/mol. The van der Waals surface area contributed by atoms with Crippen molar-refractivity contribution in [3.05, 3.63) is 23.7 Å². The van der Waals surface area contributed by atoms with Gasteiger partial charge in [0.05, 0.1) is 25.6 Å². The van der Waals surface area contributed by atoms with Crippen LogP contribution < -0.4 is 0 Å². The van der Waals surface area contributed by atoms with Crippen LogP contribution in [0.1, 0.15) is 25.2 Å². The van der Waals surface area contributed by atoms with Crippen molar-refractivity contribution >= 4 is 7.60 Å². The third-order valence-corrected chi connectivity index (χ3v) is 4.01. The zero-order valence-electron chi connectivity index (χ0n) is 9.36. The molecule has 0 N–H and O–H groups in total. The molecule has 1 rings (SSSR count). The molecule has 0 aliphatic rings. The molecule has 0 bridgehead atoms. The second kappa shape index (κ2) is 5.50. The van der Waals surface area contributed by atoms with E-state index in [0.29, 0.717) is 13.2 Å². The van der Waals surface area contributed by atoms with Gasteiger partial charge in [-0.25, -0.2) is 0 Å². The number of hydrogen-bond acceptors (Lipinski definition) is 4. The molecule has 1 aromatic rings. The summed E-state index contributed by atoms with van der Waals surface area (Å²) in [5, 5.41) is 0. The van der Waals surface area contributed by atoms with E-state index in [9.17, 15) is 4.57 Å². The van der Waals surface area contributed by atoms with Crippen LogP contribution in [0.3, 0.4) is 0 Å². The van der Waals surface area contributed by atoms with Gasteiger partial charge in [-0.1, -0.05) is 0 Å². The predicted molar refractivity (Wildman–Crippen MR) is 58.0 cm³/mol. The van der Waals surface area contributed by atoms with E-state index in [1.165, 1.54) is 0 Å². The molecule has 5 heteroatoms. The van der Waals surface area contributed by atoms with Crippen LogP contribution in [0, 0.1) is 6.92 Å². The molecule has 0 saturated heterocycles. The molecule has 86 valence electrons. The Morgan fingerprint density at radius 1 is 1.33 bits per heavy atom. The van der Waals surface area contributed by atoms with Crippen LogP contribution in [-0.2, 0) is 19.8 Å². The quantitative estimate of drug-likeness (QED) is 0.705. The zero-order valence-corrected chi connectivity index (χ0v) is 10.3. The van der Waals surface area contributed by atoms with Gasteiger partial charge in [0, 0.05) is 5.56 Å². The lowest BCUT2D eigenvalue weighted by molar-refractivity contribution is 0.219. The van der Waals surface area contributed by atoms with Crippen molar-refractivity contribution in [1.82, 2.24) is 0 Å². The summed E-state index contributed by atoms with van der Waals surface area (Å²) < 4.78 is 27.7. The first-order valence-corrected chi connectivity index (χ1v) is 6.75. The van der Waals surface area contributed by atoms with E-state index in [0.717, 1.165) is 11.3 Å². The van der Waals surface area contributed by atoms with Crippen molar-refractivity contribution in [2.75, 3.05) is 13.2 Å². The smallest absolute Gasteiger partial charge is 0.335 e. The highest BCUT2D eigenvalue weighted by Gasteiger charge is 2.25. The predicted octanol–water partition coefficient (Wildman–Crippen LogP) is 3.35. The lowest BCUT2D eigenvalue weighted by atomic mass is 10.3. The van der Waals surface area contributed by atoms with Crippen molar-refractivity contribution in [2.24, 2.45) is 0 Å². The fourth-order valence-electron chi connectivity index (χ4n) is 1.31. The Labute approximate surface area is 90.1 Å². The summed E-state index contributed by atoms with van der Waals surface area (Å²) in [5.74, 6) is 0.759. The first-order chi connectivity index (χ1) is 7.11. The molecular formula is C10H17O4P. The first kappa shape index (κ1) is 12.5. The van der Waals surface area contributed by atoms with Gasteiger partial charge in [-0.05, 0) is 26.8 Å². The molecule has 0 atom stereocenters. The minimum absolute atomic E-state index is 0.275. The molecule has 4 nitrogen and oxygen atoms in total. The Bertz CT molecular complexity index is 335. The third-order valence-electron chi connectivity index (χ3n) is 1.98. The number of hydrogen-bond donors (Lipinski definition) is 0. The van der Waals surface area contributed by atoms with E-state index in [2.05, 4.69) is 0 Å². The summed E-state index contributed by atoms with van der Waals surface area (Å²) in [7, 11) is -3.00. The van der Waals surface area contributed by atoms with E-state index in [4.69, 9.17) is 13.5 Å². The molecule has 0 fully saturated rings. The largest absolute Gasteiger partial charge is 0.469 e. The van der Waals surface area contributed by atoms with Gasteiger partial charge < -0.3 is 13.5 Å². The van der Waals surface area contributed by atoms with E-state index in [-0.39, 0.29) is 6.16 Å². The molecule has 1 aromatic heterocycles. The molecule has 0 aromatic carbocycles. The van der Waals surface area contributed by atoms with E-state index in [1.807, 2.05) is 6.92 Å². The average Bonchev–Trinajstić information content (AvgIpc) is 2.52. The summed E-state index contributed by atoms with van der Waals surface area (Å²) in [4.78, 5) is 0. The van der Waals surface area contributed by atoms with E-state index in [1.54, 1.807) is 26.2 Å². The van der Waals surface area contributed by atoms with Gasteiger partial charge in [-0.15, -0.1) is 0 Å². The SMILES string of the molecule is CCOP(=O)(Cc1ccoc1C)OCC. The minimum Gasteiger partial charge on any atom is -0.469 e. The summed E-state index contributed by atoms with van der Waals surface area (Å²) in [6.07, 6.45) is 1.85. The molecule has 0 amide bonds. The van der Waals surface area contributed by atoms with Crippen molar-refractivity contribution < 1.29 is 18.0 Å². The summed E-state index contributed by atoms with van der Waals surface area (Å²) in [6.45, 7) is 6.20. The molecule has 0 aliphatic carbocycles. The Morgan fingerprint density at radius 2 is 1.93 bits per heavy atom. The van der Waals surface area contributed by atoms with Crippen LogP contribution in [0.5, 0.6) is 0 Å². The van der Waals surface area contributed by atoms with E-state index >= 15 is 0 Å². The summed E-state index contributed by atoms with van der Waals surface area (Å²) in [6, 6.07) is 1.79. The molecule has 0 aliphatic heterocycles. The van der Waals surface area contributed by atoms with Crippen molar-refractivity contribution in [3.8, 4) is 0 Å². The fourth-order valence-corrected chi connectivity index (χ4v) is 3.10. The summed E-state index contributed by atoms with van der Waals surface area (Å²) in [5.41, 5.74) is 0.875. The highest BCUT2D eigenvalue weighted by molar-refractivity contribution is 7.53. The maximum Gasteiger partial charge on any atom is 0.335 e. The van der Waals surface area contributed by atoms with Gasteiger partial charge in [-0.2, -0.15) is 0 Å². The van der Waals surface area contributed by atoms with Crippen LogP contribution in [0.25, 0.3) is 0 Å². The lowest BCUT2D eigenvalue weighted by Crippen LogP contribution is -1.99.